The minimum atomic E-state index is -0.751. The number of carboxylic acid groups (broad SMARTS) is 1. The smallest absolute Gasteiger partial charge is 0.317 e. The number of carbonyl (C=O) groups is 2. The molecule has 1 aliphatic carbocycles. The van der Waals surface area contributed by atoms with Crippen LogP contribution in [-0.2, 0) is 4.79 Å². The molecule has 0 aromatic rings. The Balaban J connectivity index is 2.21. The lowest BCUT2D eigenvalue weighted by Crippen LogP contribution is -2.43. The van der Waals surface area contributed by atoms with Gasteiger partial charge in [-0.05, 0) is 31.6 Å². The number of nitrogens with zero attached hydrogens (tertiary/aromatic N) is 1. The van der Waals surface area contributed by atoms with Crippen LogP contribution < -0.4 is 5.32 Å². The highest BCUT2D eigenvalue weighted by molar-refractivity contribution is 5.74. The third-order valence-corrected chi connectivity index (χ3v) is 4.46. The maximum atomic E-state index is 12.1. The third kappa shape index (κ3) is 7.34. The number of urea groups is 1. The average Bonchev–Trinajstić information content (AvgIpc) is 2.73. The first-order chi connectivity index (χ1) is 10.0. The molecule has 0 aromatic carbocycles. The lowest BCUT2D eigenvalue weighted by atomic mass is 10.0. The molecule has 0 saturated heterocycles. The standard InChI is InChI=1S/C16H30N2O3/c1-13(9-10-15(19)20)11-12-17-16(21)18(2)14-7-5-3-4-6-8-14/h13-14H,3-12H2,1-2H3,(H,17,21)(H,19,20). The van der Waals surface area contributed by atoms with Gasteiger partial charge in [0.05, 0.1) is 0 Å². The highest BCUT2D eigenvalue weighted by Crippen LogP contribution is 2.21. The predicted molar refractivity (Wildman–Crippen MR) is 83.3 cm³/mol. The van der Waals surface area contributed by atoms with Crippen LogP contribution in [-0.4, -0.2) is 41.6 Å². The van der Waals surface area contributed by atoms with E-state index < -0.39 is 5.97 Å². The van der Waals surface area contributed by atoms with E-state index in [2.05, 4.69) is 5.32 Å². The van der Waals surface area contributed by atoms with Gasteiger partial charge in [-0.1, -0.05) is 32.6 Å². The summed E-state index contributed by atoms with van der Waals surface area (Å²) < 4.78 is 0. The fourth-order valence-electron chi connectivity index (χ4n) is 2.88. The number of nitrogens with one attached hydrogen (secondary N) is 1. The number of amides is 2. The molecular formula is C16H30N2O3. The summed E-state index contributed by atoms with van der Waals surface area (Å²) in [7, 11) is 1.89. The van der Waals surface area contributed by atoms with Crippen LogP contribution in [0.3, 0.4) is 0 Å². The van der Waals surface area contributed by atoms with E-state index in [1.165, 1.54) is 25.7 Å². The highest BCUT2D eigenvalue weighted by Gasteiger charge is 2.20. The molecule has 2 amide bonds. The number of carbonyl (C=O) groups excluding carboxylic acids is 1. The van der Waals surface area contributed by atoms with Gasteiger partial charge >= 0.3 is 12.0 Å². The summed E-state index contributed by atoms with van der Waals surface area (Å²) in [5.41, 5.74) is 0. The number of carboxylic acids is 1. The molecule has 1 saturated carbocycles. The molecule has 0 radical (unpaired) electrons. The zero-order valence-corrected chi connectivity index (χ0v) is 13.4. The SMILES string of the molecule is CC(CCNC(=O)N(C)C1CCCCCC1)CCC(=O)O. The summed E-state index contributed by atoms with van der Waals surface area (Å²) >= 11 is 0. The van der Waals surface area contributed by atoms with Crippen molar-refractivity contribution in [3.8, 4) is 0 Å². The lowest BCUT2D eigenvalue weighted by molar-refractivity contribution is -0.137. The van der Waals surface area contributed by atoms with Crippen LogP contribution in [0, 0.1) is 5.92 Å². The summed E-state index contributed by atoms with van der Waals surface area (Å²) in [6.07, 6.45) is 8.93. The Morgan fingerprint density at radius 2 is 1.81 bits per heavy atom. The van der Waals surface area contributed by atoms with Gasteiger partial charge in [0.2, 0.25) is 0 Å². The van der Waals surface area contributed by atoms with Crippen molar-refractivity contribution >= 4 is 12.0 Å². The molecular weight excluding hydrogens is 268 g/mol. The first-order valence-corrected chi connectivity index (χ1v) is 8.23. The van der Waals surface area contributed by atoms with Gasteiger partial charge in [-0.2, -0.15) is 0 Å². The second-order valence-electron chi connectivity index (χ2n) is 6.31. The Hall–Kier alpha value is -1.26. The highest BCUT2D eigenvalue weighted by atomic mass is 16.4. The van der Waals surface area contributed by atoms with Crippen molar-refractivity contribution < 1.29 is 14.7 Å². The summed E-state index contributed by atoms with van der Waals surface area (Å²) in [5, 5.41) is 11.6. The maximum absolute atomic E-state index is 12.1. The van der Waals surface area contributed by atoms with Gasteiger partial charge in [-0.15, -0.1) is 0 Å². The minimum Gasteiger partial charge on any atom is -0.481 e. The van der Waals surface area contributed by atoms with E-state index in [-0.39, 0.29) is 12.5 Å². The Morgan fingerprint density at radius 1 is 1.19 bits per heavy atom. The van der Waals surface area contributed by atoms with E-state index in [1.807, 2.05) is 18.9 Å². The van der Waals surface area contributed by atoms with Gasteiger partial charge < -0.3 is 15.3 Å². The molecule has 122 valence electrons. The molecule has 2 N–H and O–H groups in total. The summed E-state index contributed by atoms with van der Waals surface area (Å²) in [4.78, 5) is 24.5. The van der Waals surface area contributed by atoms with Crippen LogP contribution in [0.15, 0.2) is 0 Å². The Kier molecular flexibility index (Phi) is 8.16. The zero-order valence-electron chi connectivity index (χ0n) is 13.4. The van der Waals surface area contributed by atoms with Crippen molar-refractivity contribution in [3.05, 3.63) is 0 Å². The van der Waals surface area contributed by atoms with Crippen molar-refractivity contribution in [1.82, 2.24) is 10.2 Å². The number of aliphatic carboxylic acids is 1. The van der Waals surface area contributed by atoms with Crippen molar-refractivity contribution in [2.45, 2.75) is 70.8 Å². The van der Waals surface area contributed by atoms with E-state index >= 15 is 0 Å². The van der Waals surface area contributed by atoms with E-state index in [0.29, 0.717) is 24.9 Å². The van der Waals surface area contributed by atoms with Gasteiger partial charge in [0, 0.05) is 26.1 Å². The molecule has 1 rings (SSSR count). The van der Waals surface area contributed by atoms with Crippen LogP contribution in [0.25, 0.3) is 0 Å². The molecule has 0 aromatic heterocycles. The predicted octanol–water partition coefficient (Wildman–Crippen LogP) is 3.24. The van der Waals surface area contributed by atoms with Gasteiger partial charge in [0.15, 0.2) is 0 Å². The average molecular weight is 298 g/mol. The maximum Gasteiger partial charge on any atom is 0.317 e. The second-order valence-corrected chi connectivity index (χ2v) is 6.31. The third-order valence-electron chi connectivity index (χ3n) is 4.46. The topological polar surface area (TPSA) is 69.6 Å². The molecule has 1 fully saturated rings. The molecule has 1 unspecified atom stereocenters. The molecule has 0 spiro atoms. The molecule has 0 heterocycles. The first-order valence-electron chi connectivity index (χ1n) is 8.23. The van der Waals surface area contributed by atoms with E-state index in [9.17, 15) is 9.59 Å². The molecule has 0 aliphatic heterocycles. The summed E-state index contributed by atoms with van der Waals surface area (Å²) in [5.74, 6) is -0.427. The Morgan fingerprint density at radius 3 is 2.38 bits per heavy atom. The van der Waals surface area contributed by atoms with Crippen molar-refractivity contribution in [1.29, 1.82) is 0 Å². The second kappa shape index (κ2) is 9.64. The molecule has 21 heavy (non-hydrogen) atoms. The number of rotatable bonds is 7. The van der Waals surface area contributed by atoms with Crippen LogP contribution in [0.4, 0.5) is 4.79 Å². The van der Waals surface area contributed by atoms with E-state index in [4.69, 9.17) is 5.11 Å². The Labute approximate surface area is 128 Å². The van der Waals surface area contributed by atoms with Gasteiger partial charge in [-0.3, -0.25) is 4.79 Å². The molecule has 1 atom stereocenters. The fourth-order valence-corrected chi connectivity index (χ4v) is 2.88. The Bertz CT molecular complexity index is 325. The van der Waals surface area contributed by atoms with E-state index in [0.717, 1.165) is 19.3 Å². The molecule has 5 nitrogen and oxygen atoms in total. The van der Waals surface area contributed by atoms with Crippen LogP contribution in [0.5, 0.6) is 0 Å². The largest absolute Gasteiger partial charge is 0.481 e. The van der Waals surface area contributed by atoms with E-state index in [1.54, 1.807) is 0 Å². The number of hydrogen-bond acceptors (Lipinski definition) is 2. The van der Waals surface area contributed by atoms with Gasteiger partial charge in [0.25, 0.3) is 0 Å². The zero-order chi connectivity index (χ0) is 15.7. The molecule has 1 aliphatic rings. The van der Waals surface area contributed by atoms with Crippen molar-refractivity contribution in [2.75, 3.05) is 13.6 Å². The van der Waals surface area contributed by atoms with Gasteiger partial charge in [0.1, 0.15) is 0 Å². The summed E-state index contributed by atoms with van der Waals surface area (Å²) in [6, 6.07) is 0.379. The molecule has 0 bridgehead atoms. The van der Waals surface area contributed by atoms with Gasteiger partial charge in [-0.25, -0.2) is 4.79 Å². The quantitative estimate of drug-likeness (QED) is 0.709. The lowest BCUT2D eigenvalue weighted by Gasteiger charge is -2.27. The fraction of sp³-hybridized carbons (Fsp3) is 0.875. The van der Waals surface area contributed by atoms with Crippen LogP contribution in [0.1, 0.15) is 64.7 Å². The normalized spacial score (nSPS) is 17.8. The summed E-state index contributed by atoms with van der Waals surface area (Å²) in [6.45, 7) is 2.65. The number of hydrogen-bond donors (Lipinski definition) is 2. The van der Waals surface area contributed by atoms with Crippen LogP contribution >= 0.6 is 0 Å². The monoisotopic (exact) mass is 298 g/mol. The first kappa shape index (κ1) is 17.8. The minimum absolute atomic E-state index is 0.00679. The van der Waals surface area contributed by atoms with Crippen LogP contribution in [0.2, 0.25) is 0 Å². The van der Waals surface area contributed by atoms with Crippen molar-refractivity contribution in [3.63, 3.8) is 0 Å². The molecule has 5 heteroatoms. The van der Waals surface area contributed by atoms with Crippen molar-refractivity contribution in [2.24, 2.45) is 5.92 Å².